The number of hydrogen-bond acceptors (Lipinski definition) is 3. The molecule has 0 aliphatic carbocycles. The molecule has 94 valence electrons. The smallest absolute Gasteiger partial charge is 0.135 e. The summed E-state index contributed by atoms with van der Waals surface area (Å²) in [5, 5.41) is 4.61. The molecule has 1 aromatic rings. The highest BCUT2D eigenvalue weighted by atomic mass is 35.5. The lowest BCUT2D eigenvalue weighted by molar-refractivity contribution is 0.165. The third-order valence-corrected chi connectivity index (χ3v) is 3.80. The minimum absolute atomic E-state index is 0.497. The number of hydrogen-bond donors (Lipinski definition) is 1. The predicted octanol–water partition coefficient (Wildman–Crippen LogP) is 2.49. The zero-order chi connectivity index (χ0) is 12.4. The van der Waals surface area contributed by atoms with Crippen LogP contribution in [-0.4, -0.2) is 35.6 Å². The Kier molecular flexibility index (Phi) is 4.26. The molecule has 1 fully saturated rings. The van der Waals surface area contributed by atoms with E-state index in [4.69, 9.17) is 23.2 Å². The third-order valence-electron chi connectivity index (χ3n) is 3.15. The van der Waals surface area contributed by atoms with Gasteiger partial charge in [-0.25, -0.2) is 4.98 Å². The topological polar surface area (TPSA) is 28.2 Å². The van der Waals surface area contributed by atoms with Gasteiger partial charge < -0.3 is 5.32 Å². The molecular weight excluding hydrogens is 257 g/mol. The summed E-state index contributed by atoms with van der Waals surface area (Å²) < 4.78 is 0. The summed E-state index contributed by atoms with van der Waals surface area (Å²) in [5.74, 6) is 0. The zero-order valence-corrected chi connectivity index (χ0v) is 11.6. The van der Waals surface area contributed by atoms with Gasteiger partial charge in [0.2, 0.25) is 0 Å². The molecule has 0 saturated carbocycles. The van der Waals surface area contributed by atoms with Gasteiger partial charge in [0, 0.05) is 48.5 Å². The molecule has 1 aliphatic heterocycles. The molecule has 17 heavy (non-hydrogen) atoms. The lowest BCUT2D eigenvalue weighted by atomic mass is 10.1. The number of aryl methyl sites for hydroxylation is 1. The monoisotopic (exact) mass is 273 g/mol. The van der Waals surface area contributed by atoms with Gasteiger partial charge >= 0.3 is 0 Å². The second-order valence-electron chi connectivity index (χ2n) is 4.54. The molecule has 0 radical (unpaired) electrons. The minimum Gasteiger partial charge on any atom is -0.314 e. The van der Waals surface area contributed by atoms with Crippen molar-refractivity contribution in [3.05, 3.63) is 27.5 Å². The van der Waals surface area contributed by atoms with E-state index in [1.165, 1.54) is 0 Å². The van der Waals surface area contributed by atoms with E-state index >= 15 is 0 Å². The number of piperazine rings is 1. The van der Waals surface area contributed by atoms with Crippen LogP contribution in [0.25, 0.3) is 0 Å². The minimum atomic E-state index is 0.497. The second-order valence-corrected chi connectivity index (χ2v) is 5.30. The van der Waals surface area contributed by atoms with Crippen molar-refractivity contribution in [3.63, 3.8) is 0 Å². The van der Waals surface area contributed by atoms with E-state index in [0.29, 0.717) is 16.2 Å². The average molecular weight is 274 g/mol. The molecule has 0 amide bonds. The van der Waals surface area contributed by atoms with Crippen LogP contribution in [0.1, 0.15) is 18.2 Å². The molecule has 0 bridgehead atoms. The Hall–Kier alpha value is -0.350. The second kappa shape index (κ2) is 5.53. The summed E-state index contributed by atoms with van der Waals surface area (Å²) in [6, 6.07) is 2.37. The molecule has 3 nitrogen and oxygen atoms in total. The first-order chi connectivity index (χ1) is 8.08. The highest BCUT2D eigenvalue weighted by Gasteiger charge is 2.20. The normalized spacial score (nSPS) is 21.8. The fourth-order valence-electron chi connectivity index (χ4n) is 2.09. The van der Waals surface area contributed by atoms with E-state index in [0.717, 1.165) is 37.4 Å². The molecule has 0 aromatic carbocycles. The van der Waals surface area contributed by atoms with Crippen molar-refractivity contribution in [2.75, 3.05) is 19.6 Å². The molecule has 0 spiro atoms. The van der Waals surface area contributed by atoms with Gasteiger partial charge in [-0.15, -0.1) is 0 Å². The average Bonchev–Trinajstić information content (AvgIpc) is 2.25. The van der Waals surface area contributed by atoms with Crippen molar-refractivity contribution in [3.8, 4) is 0 Å². The first-order valence-electron chi connectivity index (χ1n) is 5.84. The Balaban J connectivity index is 2.17. The first kappa shape index (κ1) is 13.1. The van der Waals surface area contributed by atoms with Crippen molar-refractivity contribution in [1.82, 2.24) is 15.2 Å². The Bertz CT molecular complexity index is 386. The molecule has 1 saturated heterocycles. The number of nitrogens with zero attached hydrogens (tertiary/aromatic N) is 2. The summed E-state index contributed by atoms with van der Waals surface area (Å²) in [6.07, 6.45) is 0. The van der Waals surface area contributed by atoms with E-state index in [-0.39, 0.29) is 0 Å². The Morgan fingerprint density at radius 1 is 1.53 bits per heavy atom. The third kappa shape index (κ3) is 3.10. The summed E-state index contributed by atoms with van der Waals surface area (Å²) in [5.41, 5.74) is 1.80. The molecule has 1 N–H and O–H groups in total. The van der Waals surface area contributed by atoms with Crippen molar-refractivity contribution >= 4 is 23.2 Å². The van der Waals surface area contributed by atoms with Crippen LogP contribution in [0.2, 0.25) is 10.2 Å². The van der Waals surface area contributed by atoms with E-state index in [9.17, 15) is 0 Å². The van der Waals surface area contributed by atoms with E-state index in [1.807, 2.05) is 13.0 Å². The van der Waals surface area contributed by atoms with Crippen LogP contribution in [-0.2, 0) is 6.54 Å². The first-order valence-corrected chi connectivity index (χ1v) is 6.60. The Morgan fingerprint density at radius 2 is 2.29 bits per heavy atom. The lowest BCUT2D eigenvalue weighted by Gasteiger charge is -2.34. The maximum absolute atomic E-state index is 6.24. The summed E-state index contributed by atoms with van der Waals surface area (Å²) in [6.45, 7) is 7.91. The molecule has 2 heterocycles. The fourth-order valence-corrected chi connectivity index (χ4v) is 2.74. The van der Waals surface area contributed by atoms with Crippen molar-refractivity contribution in [1.29, 1.82) is 0 Å². The van der Waals surface area contributed by atoms with Gasteiger partial charge in [-0.05, 0) is 19.9 Å². The quantitative estimate of drug-likeness (QED) is 0.840. The number of halogens is 2. The van der Waals surface area contributed by atoms with Gasteiger partial charge in [-0.2, -0.15) is 0 Å². The molecule has 5 heteroatoms. The SMILES string of the molecule is Cc1cc(Cl)c(CN2CCNC[C@H]2C)c(Cl)n1. The van der Waals surface area contributed by atoms with Crippen LogP contribution in [0.15, 0.2) is 6.07 Å². The van der Waals surface area contributed by atoms with Crippen LogP contribution < -0.4 is 5.32 Å². The van der Waals surface area contributed by atoms with Crippen LogP contribution >= 0.6 is 23.2 Å². The van der Waals surface area contributed by atoms with E-state index in [1.54, 1.807) is 0 Å². The maximum Gasteiger partial charge on any atom is 0.135 e. The number of pyridine rings is 1. The van der Waals surface area contributed by atoms with E-state index in [2.05, 4.69) is 22.1 Å². The predicted molar refractivity (Wildman–Crippen MR) is 71.7 cm³/mol. The van der Waals surface area contributed by atoms with Gasteiger partial charge in [0.1, 0.15) is 5.15 Å². The van der Waals surface area contributed by atoms with Crippen molar-refractivity contribution in [2.24, 2.45) is 0 Å². The van der Waals surface area contributed by atoms with E-state index < -0.39 is 0 Å². The lowest BCUT2D eigenvalue weighted by Crippen LogP contribution is -2.49. The summed E-state index contributed by atoms with van der Waals surface area (Å²) in [7, 11) is 0. The van der Waals surface area contributed by atoms with Crippen LogP contribution in [0.4, 0.5) is 0 Å². The van der Waals surface area contributed by atoms with Gasteiger partial charge in [0.15, 0.2) is 0 Å². The molecular formula is C12H17Cl2N3. The van der Waals surface area contributed by atoms with Gasteiger partial charge in [0.05, 0.1) is 0 Å². The maximum atomic E-state index is 6.24. The molecule has 2 rings (SSSR count). The number of nitrogens with one attached hydrogen (secondary N) is 1. The van der Waals surface area contributed by atoms with Crippen molar-refractivity contribution < 1.29 is 0 Å². The number of rotatable bonds is 2. The van der Waals surface area contributed by atoms with Crippen LogP contribution in [0.5, 0.6) is 0 Å². The largest absolute Gasteiger partial charge is 0.314 e. The standard InChI is InChI=1S/C12H17Cl2N3/c1-8-5-11(13)10(12(14)16-8)7-17-4-3-15-6-9(17)2/h5,9,15H,3-4,6-7H2,1-2H3/t9-/m1/s1. The van der Waals surface area contributed by atoms with Gasteiger partial charge in [0.25, 0.3) is 0 Å². The Labute approximate surface area is 112 Å². The zero-order valence-electron chi connectivity index (χ0n) is 10.1. The molecule has 1 atom stereocenters. The highest BCUT2D eigenvalue weighted by Crippen LogP contribution is 2.26. The molecule has 1 aromatic heterocycles. The van der Waals surface area contributed by atoms with Crippen molar-refractivity contribution in [2.45, 2.75) is 26.4 Å². The highest BCUT2D eigenvalue weighted by molar-refractivity contribution is 6.35. The fraction of sp³-hybridized carbons (Fsp3) is 0.583. The van der Waals surface area contributed by atoms with Gasteiger partial charge in [-0.1, -0.05) is 23.2 Å². The summed E-state index contributed by atoms with van der Waals surface area (Å²) in [4.78, 5) is 6.64. The Morgan fingerprint density at radius 3 is 2.94 bits per heavy atom. The van der Waals surface area contributed by atoms with Crippen LogP contribution in [0, 0.1) is 6.92 Å². The number of aromatic nitrogens is 1. The van der Waals surface area contributed by atoms with Gasteiger partial charge in [-0.3, -0.25) is 4.90 Å². The molecule has 0 unspecified atom stereocenters. The molecule has 1 aliphatic rings. The summed E-state index contributed by atoms with van der Waals surface area (Å²) >= 11 is 12.4. The van der Waals surface area contributed by atoms with Crippen LogP contribution in [0.3, 0.4) is 0 Å².